The normalized spacial score (nSPS) is 11.2. The van der Waals surface area contributed by atoms with Gasteiger partial charge in [-0.15, -0.1) is 24.5 Å². The van der Waals surface area contributed by atoms with Crippen LogP contribution in [0.4, 0.5) is 18.3 Å². The first-order valence-corrected chi connectivity index (χ1v) is 11.4. The lowest BCUT2D eigenvalue weighted by Crippen LogP contribution is -2.17. The van der Waals surface area contributed by atoms with Gasteiger partial charge in [0, 0.05) is 23.1 Å². The van der Waals surface area contributed by atoms with Crippen LogP contribution in [-0.4, -0.2) is 24.4 Å². The lowest BCUT2D eigenvalue weighted by molar-refractivity contribution is -0.274. The number of aromatic nitrogens is 1. The molecule has 0 unspecified atom stereocenters. The number of anilines is 1. The van der Waals surface area contributed by atoms with Crippen LogP contribution in [0.2, 0.25) is 0 Å². The SMILES string of the molecule is COc1ccc(Cc2cnc(NC(=O)c3cccc(-c4ccc(OC(F)(F)F)cc4)c3C)s2)cc1. The molecule has 0 saturated carbocycles. The second kappa shape index (κ2) is 10.2. The zero-order chi connectivity index (χ0) is 25.0. The van der Waals surface area contributed by atoms with Gasteiger partial charge in [0.05, 0.1) is 7.11 Å². The van der Waals surface area contributed by atoms with Gasteiger partial charge in [-0.1, -0.05) is 36.4 Å². The van der Waals surface area contributed by atoms with Crippen molar-refractivity contribution in [3.8, 4) is 22.6 Å². The van der Waals surface area contributed by atoms with Gasteiger partial charge in [0.2, 0.25) is 0 Å². The molecular weight excluding hydrogens is 477 g/mol. The summed E-state index contributed by atoms with van der Waals surface area (Å²) >= 11 is 1.39. The largest absolute Gasteiger partial charge is 0.573 e. The van der Waals surface area contributed by atoms with Crippen molar-refractivity contribution >= 4 is 22.4 Å². The minimum Gasteiger partial charge on any atom is -0.497 e. The monoisotopic (exact) mass is 498 g/mol. The number of rotatable bonds is 7. The number of nitrogens with zero attached hydrogens (tertiary/aromatic N) is 1. The highest BCUT2D eigenvalue weighted by Crippen LogP contribution is 2.30. The average molecular weight is 499 g/mol. The Balaban J connectivity index is 1.46. The maximum Gasteiger partial charge on any atom is 0.573 e. The number of halogens is 3. The number of methoxy groups -OCH3 is 1. The predicted molar refractivity (Wildman–Crippen MR) is 129 cm³/mol. The van der Waals surface area contributed by atoms with Crippen LogP contribution in [0, 0.1) is 6.92 Å². The second-order valence-electron chi connectivity index (χ2n) is 7.66. The van der Waals surface area contributed by atoms with E-state index in [0.29, 0.717) is 28.2 Å². The van der Waals surface area contributed by atoms with Crippen LogP contribution in [-0.2, 0) is 6.42 Å². The minimum absolute atomic E-state index is 0.304. The van der Waals surface area contributed by atoms with Crippen molar-refractivity contribution in [3.05, 3.63) is 94.5 Å². The molecule has 0 saturated heterocycles. The summed E-state index contributed by atoms with van der Waals surface area (Å²) in [5.74, 6) is 0.169. The van der Waals surface area contributed by atoms with Gasteiger partial charge in [-0.2, -0.15) is 0 Å². The first kappa shape index (κ1) is 24.3. The van der Waals surface area contributed by atoms with Gasteiger partial charge < -0.3 is 9.47 Å². The highest BCUT2D eigenvalue weighted by atomic mass is 32.1. The van der Waals surface area contributed by atoms with E-state index in [2.05, 4.69) is 15.0 Å². The summed E-state index contributed by atoms with van der Waals surface area (Å²) in [6.45, 7) is 1.79. The Morgan fingerprint density at radius 1 is 1.00 bits per heavy atom. The maximum absolute atomic E-state index is 13.0. The molecule has 180 valence electrons. The van der Waals surface area contributed by atoms with Gasteiger partial charge in [-0.3, -0.25) is 10.1 Å². The lowest BCUT2D eigenvalue weighted by atomic mass is 9.96. The zero-order valence-corrected chi connectivity index (χ0v) is 19.7. The number of amides is 1. The summed E-state index contributed by atoms with van der Waals surface area (Å²) in [5, 5.41) is 3.32. The fourth-order valence-corrected chi connectivity index (χ4v) is 4.43. The van der Waals surface area contributed by atoms with Crippen molar-refractivity contribution in [1.82, 2.24) is 4.98 Å². The van der Waals surface area contributed by atoms with E-state index in [4.69, 9.17) is 4.74 Å². The van der Waals surface area contributed by atoms with Crippen molar-refractivity contribution in [2.75, 3.05) is 12.4 Å². The molecule has 0 aliphatic rings. The summed E-state index contributed by atoms with van der Waals surface area (Å²) in [6.07, 6.45) is -2.34. The number of alkyl halides is 3. The average Bonchev–Trinajstić information content (AvgIpc) is 3.26. The van der Waals surface area contributed by atoms with Crippen molar-refractivity contribution < 1.29 is 27.4 Å². The van der Waals surface area contributed by atoms with E-state index < -0.39 is 6.36 Å². The van der Waals surface area contributed by atoms with E-state index >= 15 is 0 Å². The smallest absolute Gasteiger partial charge is 0.497 e. The number of ether oxygens (including phenoxy) is 2. The molecule has 0 atom stereocenters. The Labute approximate surface area is 204 Å². The third-order valence-electron chi connectivity index (χ3n) is 5.29. The molecule has 1 amide bonds. The maximum atomic E-state index is 13.0. The number of hydrogen-bond donors (Lipinski definition) is 1. The Hall–Kier alpha value is -3.85. The molecule has 0 aliphatic heterocycles. The zero-order valence-electron chi connectivity index (χ0n) is 18.8. The third kappa shape index (κ3) is 6.19. The lowest BCUT2D eigenvalue weighted by Gasteiger charge is -2.12. The molecule has 0 bridgehead atoms. The van der Waals surface area contributed by atoms with Crippen molar-refractivity contribution in [2.24, 2.45) is 0 Å². The van der Waals surface area contributed by atoms with Gasteiger partial charge >= 0.3 is 6.36 Å². The molecule has 3 aromatic carbocycles. The van der Waals surface area contributed by atoms with Crippen LogP contribution >= 0.6 is 11.3 Å². The van der Waals surface area contributed by atoms with E-state index in [1.165, 1.54) is 35.6 Å². The molecule has 0 aliphatic carbocycles. The fraction of sp³-hybridized carbons (Fsp3) is 0.154. The topological polar surface area (TPSA) is 60.5 Å². The summed E-state index contributed by atoms with van der Waals surface area (Å²) in [6, 6.07) is 18.5. The van der Waals surface area contributed by atoms with Crippen molar-refractivity contribution in [1.29, 1.82) is 0 Å². The molecule has 4 rings (SSSR count). The number of carbonyl (C=O) groups excluding carboxylic acids is 1. The third-order valence-corrected chi connectivity index (χ3v) is 6.20. The van der Waals surface area contributed by atoms with Gasteiger partial charge in [0.15, 0.2) is 5.13 Å². The summed E-state index contributed by atoms with van der Waals surface area (Å²) in [5.41, 5.74) is 3.65. The molecule has 35 heavy (non-hydrogen) atoms. The van der Waals surface area contributed by atoms with Crippen LogP contribution in [0.5, 0.6) is 11.5 Å². The van der Waals surface area contributed by atoms with E-state index in [0.717, 1.165) is 21.8 Å². The van der Waals surface area contributed by atoms with Gasteiger partial charge in [-0.05, 0) is 59.5 Å². The molecule has 1 aromatic heterocycles. The quantitative estimate of drug-likeness (QED) is 0.302. The van der Waals surface area contributed by atoms with Crippen LogP contribution < -0.4 is 14.8 Å². The minimum atomic E-state index is -4.75. The fourth-order valence-electron chi connectivity index (χ4n) is 3.59. The number of hydrogen-bond acceptors (Lipinski definition) is 5. The molecule has 0 fully saturated rings. The van der Waals surface area contributed by atoms with Crippen molar-refractivity contribution in [3.63, 3.8) is 0 Å². The molecule has 4 aromatic rings. The van der Waals surface area contributed by atoms with E-state index in [9.17, 15) is 18.0 Å². The summed E-state index contributed by atoms with van der Waals surface area (Å²) in [4.78, 5) is 18.3. The van der Waals surface area contributed by atoms with Gasteiger partial charge in [0.1, 0.15) is 11.5 Å². The number of carbonyl (C=O) groups is 1. The Kier molecular flexibility index (Phi) is 7.07. The van der Waals surface area contributed by atoms with Crippen LogP contribution in [0.1, 0.15) is 26.4 Å². The summed E-state index contributed by atoms with van der Waals surface area (Å²) in [7, 11) is 1.62. The standard InChI is InChI=1S/C26H21F3N2O3S/c1-16-22(18-8-12-20(13-9-18)34-26(27,28)29)4-3-5-23(16)24(32)31-25-30-15-21(35-25)14-17-6-10-19(33-2)11-7-17/h3-13,15H,14H2,1-2H3,(H,30,31,32). The predicted octanol–water partition coefficient (Wildman–Crippen LogP) is 6.87. The molecule has 9 heteroatoms. The van der Waals surface area contributed by atoms with Crippen LogP contribution in [0.25, 0.3) is 11.1 Å². The van der Waals surface area contributed by atoms with Crippen LogP contribution in [0.3, 0.4) is 0 Å². The van der Waals surface area contributed by atoms with E-state index in [-0.39, 0.29) is 11.7 Å². The molecule has 5 nitrogen and oxygen atoms in total. The number of nitrogens with one attached hydrogen (secondary N) is 1. The molecule has 1 N–H and O–H groups in total. The summed E-state index contributed by atoms with van der Waals surface area (Å²) < 4.78 is 46.3. The Morgan fingerprint density at radius 3 is 2.34 bits per heavy atom. The number of benzene rings is 3. The number of thiazole rings is 1. The Morgan fingerprint density at radius 2 is 1.69 bits per heavy atom. The Bertz CT molecular complexity index is 1320. The van der Waals surface area contributed by atoms with Crippen LogP contribution in [0.15, 0.2) is 72.9 Å². The van der Waals surface area contributed by atoms with Gasteiger partial charge in [-0.25, -0.2) is 4.98 Å². The van der Waals surface area contributed by atoms with Crippen molar-refractivity contribution in [2.45, 2.75) is 19.7 Å². The highest BCUT2D eigenvalue weighted by Gasteiger charge is 2.31. The van der Waals surface area contributed by atoms with Gasteiger partial charge in [0.25, 0.3) is 5.91 Å². The molecule has 0 radical (unpaired) electrons. The highest BCUT2D eigenvalue weighted by molar-refractivity contribution is 7.15. The first-order chi connectivity index (χ1) is 16.7. The molecular formula is C26H21F3N2O3S. The molecule has 0 spiro atoms. The first-order valence-electron chi connectivity index (χ1n) is 10.6. The second-order valence-corrected chi connectivity index (χ2v) is 8.78. The van der Waals surface area contributed by atoms with E-state index in [1.807, 2.05) is 30.3 Å². The van der Waals surface area contributed by atoms with E-state index in [1.54, 1.807) is 32.4 Å². The molecule has 1 heterocycles.